The van der Waals surface area contributed by atoms with Crippen molar-refractivity contribution in [3.8, 4) is 11.1 Å². The average molecular weight is 435 g/mol. The van der Waals surface area contributed by atoms with E-state index in [0.717, 1.165) is 15.1 Å². The Labute approximate surface area is 167 Å². The summed E-state index contributed by atoms with van der Waals surface area (Å²) >= 11 is 0. The monoisotopic (exact) mass is 435 g/mol. The topological polar surface area (TPSA) is 107 Å². The summed E-state index contributed by atoms with van der Waals surface area (Å²) in [6.45, 7) is 0. The molecule has 0 saturated carbocycles. The number of aromatic nitrogens is 5. The highest BCUT2D eigenvalue weighted by molar-refractivity contribution is 7.90. The van der Waals surface area contributed by atoms with Crippen LogP contribution in [-0.2, 0) is 16.2 Å². The van der Waals surface area contributed by atoms with Gasteiger partial charge in [-0.05, 0) is 41.5 Å². The Balaban J connectivity index is 1.53. The molecule has 0 radical (unpaired) electrons. The molecule has 30 heavy (non-hydrogen) atoms. The van der Waals surface area contributed by atoms with E-state index in [4.69, 9.17) is 0 Å². The van der Waals surface area contributed by atoms with E-state index in [1.165, 1.54) is 42.7 Å². The second-order valence-electron chi connectivity index (χ2n) is 6.08. The van der Waals surface area contributed by atoms with Crippen LogP contribution in [-0.4, -0.2) is 32.7 Å². The van der Waals surface area contributed by atoms with Gasteiger partial charge in [-0.25, -0.2) is 12.4 Å². The molecule has 0 aliphatic heterocycles. The molecule has 4 rings (SSSR count). The summed E-state index contributed by atoms with van der Waals surface area (Å²) in [7, 11) is -3.84. The minimum Gasteiger partial charge on any atom is -0.329 e. The van der Waals surface area contributed by atoms with Gasteiger partial charge >= 0.3 is 12.1 Å². The molecule has 0 unspecified atom stereocenters. The lowest BCUT2D eigenvalue weighted by Crippen LogP contribution is -2.10. The van der Waals surface area contributed by atoms with Crippen molar-refractivity contribution in [2.75, 3.05) is 0 Å². The smallest absolute Gasteiger partial charge is 0.329 e. The van der Waals surface area contributed by atoms with E-state index < -0.39 is 22.1 Å². The third-order valence-corrected chi connectivity index (χ3v) is 5.71. The van der Waals surface area contributed by atoms with Gasteiger partial charge in [0.1, 0.15) is 0 Å². The number of H-pyrrole nitrogens is 1. The molecule has 3 heterocycles. The zero-order chi connectivity index (χ0) is 21.4. The molecule has 1 aromatic carbocycles. The molecular formula is C18H12F3N5O3S. The Morgan fingerprint density at radius 2 is 1.83 bits per heavy atom. The first kappa shape index (κ1) is 19.6. The molecule has 0 amide bonds. The van der Waals surface area contributed by atoms with Gasteiger partial charge in [-0.15, -0.1) is 0 Å². The third kappa shape index (κ3) is 3.89. The van der Waals surface area contributed by atoms with Crippen LogP contribution in [0.5, 0.6) is 0 Å². The number of nitrogens with one attached hydrogen (secondary N) is 1. The molecule has 154 valence electrons. The average Bonchev–Trinajstić information content (AvgIpc) is 3.47. The van der Waals surface area contributed by atoms with E-state index in [2.05, 4.69) is 24.9 Å². The van der Waals surface area contributed by atoms with Crippen LogP contribution in [0.4, 0.5) is 13.2 Å². The summed E-state index contributed by atoms with van der Waals surface area (Å²) in [6.07, 6.45) is 3.79. The van der Waals surface area contributed by atoms with E-state index in [9.17, 15) is 21.6 Å². The van der Waals surface area contributed by atoms with Crippen molar-refractivity contribution in [1.29, 1.82) is 0 Å². The number of nitrogens with zero attached hydrogens (tertiary/aromatic N) is 4. The van der Waals surface area contributed by atoms with Gasteiger partial charge in [0.15, 0.2) is 5.82 Å². The van der Waals surface area contributed by atoms with Crippen molar-refractivity contribution in [1.82, 2.24) is 24.3 Å². The number of halogens is 3. The number of rotatable bonds is 5. The van der Waals surface area contributed by atoms with Gasteiger partial charge in [0.2, 0.25) is 0 Å². The molecule has 0 fully saturated rings. The second-order valence-corrected chi connectivity index (χ2v) is 7.92. The summed E-state index contributed by atoms with van der Waals surface area (Å²) < 4.78 is 68.1. The maximum absolute atomic E-state index is 12.8. The molecule has 0 aliphatic rings. The van der Waals surface area contributed by atoms with Crippen molar-refractivity contribution < 1.29 is 26.1 Å². The SMILES string of the molecule is O=S(=O)(c1ccc(-c2cn[nH]c2)cc1)n1ccc(/C=C/c2noc(C(F)(F)F)n2)c1. The summed E-state index contributed by atoms with van der Waals surface area (Å²) in [6, 6.07) is 7.77. The summed E-state index contributed by atoms with van der Waals surface area (Å²) in [5.74, 6) is -1.74. The van der Waals surface area contributed by atoms with Crippen LogP contribution in [0.3, 0.4) is 0 Å². The van der Waals surface area contributed by atoms with Crippen LogP contribution in [0.2, 0.25) is 0 Å². The maximum Gasteiger partial charge on any atom is 0.471 e. The van der Waals surface area contributed by atoms with Gasteiger partial charge < -0.3 is 4.52 Å². The van der Waals surface area contributed by atoms with Gasteiger partial charge in [0, 0.05) is 24.2 Å². The van der Waals surface area contributed by atoms with E-state index >= 15 is 0 Å². The molecule has 0 bridgehead atoms. The third-order valence-electron chi connectivity index (χ3n) is 4.06. The lowest BCUT2D eigenvalue weighted by Gasteiger charge is -2.06. The van der Waals surface area contributed by atoms with Crippen LogP contribution in [0.1, 0.15) is 17.3 Å². The van der Waals surface area contributed by atoms with Crippen molar-refractivity contribution >= 4 is 22.2 Å². The zero-order valence-electron chi connectivity index (χ0n) is 14.9. The molecule has 0 aliphatic carbocycles. The van der Waals surface area contributed by atoms with Crippen LogP contribution >= 0.6 is 0 Å². The molecule has 0 saturated heterocycles. The first-order chi connectivity index (χ1) is 14.2. The molecule has 8 nitrogen and oxygen atoms in total. The fourth-order valence-corrected chi connectivity index (χ4v) is 3.78. The van der Waals surface area contributed by atoms with E-state index in [1.54, 1.807) is 24.5 Å². The van der Waals surface area contributed by atoms with Gasteiger partial charge in [-0.3, -0.25) is 5.10 Å². The lowest BCUT2D eigenvalue weighted by molar-refractivity contribution is -0.159. The Bertz CT molecular complexity index is 1290. The number of alkyl halides is 3. The van der Waals surface area contributed by atoms with Crippen LogP contribution in [0.15, 0.2) is 64.5 Å². The minimum absolute atomic E-state index is 0.0776. The molecule has 1 N–H and O–H groups in total. The number of hydrogen-bond donors (Lipinski definition) is 1. The van der Waals surface area contributed by atoms with Crippen LogP contribution < -0.4 is 0 Å². The van der Waals surface area contributed by atoms with E-state index in [-0.39, 0.29) is 10.7 Å². The van der Waals surface area contributed by atoms with Gasteiger partial charge in [0.25, 0.3) is 10.0 Å². The van der Waals surface area contributed by atoms with Crippen LogP contribution in [0.25, 0.3) is 23.3 Å². The van der Waals surface area contributed by atoms with Gasteiger partial charge in [-0.2, -0.15) is 23.3 Å². The Morgan fingerprint density at radius 1 is 1.07 bits per heavy atom. The van der Waals surface area contributed by atoms with Gasteiger partial charge in [0.05, 0.1) is 11.1 Å². The Morgan fingerprint density at radius 3 is 2.47 bits per heavy atom. The first-order valence-electron chi connectivity index (χ1n) is 8.35. The molecule has 4 aromatic rings. The summed E-state index contributed by atoms with van der Waals surface area (Å²) in [5.41, 5.74) is 2.05. The number of benzene rings is 1. The van der Waals surface area contributed by atoms with Crippen molar-refractivity contribution in [2.24, 2.45) is 0 Å². The Hall–Kier alpha value is -3.67. The molecule has 12 heteroatoms. The minimum atomic E-state index is -4.73. The fraction of sp³-hybridized carbons (Fsp3) is 0.0556. The van der Waals surface area contributed by atoms with Crippen LogP contribution in [0, 0.1) is 0 Å². The number of hydrogen-bond acceptors (Lipinski definition) is 6. The molecule has 0 atom stereocenters. The molecule has 0 spiro atoms. The van der Waals surface area contributed by atoms with Gasteiger partial charge in [-0.1, -0.05) is 17.3 Å². The Kier molecular flexibility index (Phi) is 4.78. The predicted molar refractivity (Wildman–Crippen MR) is 99.3 cm³/mol. The highest BCUT2D eigenvalue weighted by Gasteiger charge is 2.38. The van der Waals surface area contributed by atoms with Crippen molar-refractivity contribution in [2.45, 2.75) is 11.1 Å². The zero-order valence-corrected chi connectivity index (χ0v) is 15.7. The second kappa shape index (κ2) is 7.30. The predicted octanol–water partition coefficient (Wildman–Crippen LogP) is 3.69. The first-order valence-corrected chi connectivity index (χ1v) is 9.79. The summed E-state index contributed by atoms with van der Waals surface area (Å²) in [5, 5.41) is 9.74. The molecular weight excluding hydrogens is 423 g/mol. The molecule has 3 aromatic heterocycles. The van der Waals surface area contributed by atoms with Crippen molar-refractivity contribution in [3.05, 3.63) is 72.4 Å². The largest absolute Gasteiger partial charge is 0.471 e. The van der Waals surface area contributed by atoms with E-state index in [0.29, 0.717) is 5.56 Å². The highest BCUT2D eigenvalue weighted by atomic mass is 32.2. The summed E-state index contributed by atoms with van der Waals surface area (Å²) in [4.78, 5) is 3.29. The standard InChI is InChI=1S/C18H12F3N5O3S/c19-18(20,21)17-24-16(25-29-17)6-1-12-7-8-26(11-12)30(27,28)15-4-2-13(3-5-15)14-9-22-23-10-14/h1-11H,(H,22,23)/b6-1+. The highest BCUT2D eigenvalue weighted by Crippen LogP contribution is 2.27. The van der Waals surface area contributed by atoms with E-state index in [1.807, 2.05) is 0 Å². The fourth-order valence-electron chi connectivity index (χ4n) is 2.58. The lowest BCUT2D eigenvalue weighted by atomic mass is 10.1. The number of aromatic amines is 1. The maximum atomic E-state index is 12.8. The van der Waals surface area contributed by atoms with Crippen molar-refractivity contribution in [3.63, 3.8) is 0 Å². The normalized spacial score (nSPS) is 12.6. The quantitative estimate of drug-likeness (QED) is 0.513.